The molecule has 0 saturated heterocycles. The van der Waals surface area contributed by atoms with Gasteiger partial charge in [0.25, 0.3) is 0 Å². The van der Waals surface area contributed by atoms with E-state index in [1.165, 1.54) is 0 Å². The number of nitrogens with zero attached hydrogens (tertiary/aromatic N) is 2. The minimum atomic E-state index is -0.518. The van der Waals surface area contributed by atoms with Crippen molar-refractivity contribution in [2.24, 2.45) is 4.99 Å². The summed E-state index contributed by atoms with van der Waals surface area (Å²) in [5.74, 6) is 0.522. The lowest BCUT2D eigenvalue weighted by Gasteiger charge is -2.27. The van der Waals surface area contributed by atoms with E-state index in [-0.39, 0.29) is 5.97 Å². The maximum atomic E-state index is 12.4. The van der Waals surface area contributed by atoms with Crippen molar-refractivity contribution in [2.75, 3.05) is 6.54 Å². The molecule has 2 aliphatic heterocycles. The molecule has 24 heavy (non-hydrogen) atoms. The second-order valence-corrected chi connectivity index (χ2v) is 6.93. The number of benzene rings is 1. The SMILES string of the molecule is CC(C)(C)OC(=O)C=C1C2=C(NC=C3N=CCN32)c2ccccc21. The summed E-state index contributed by atoms with van der Waals surface area (Å²) in [6, 6.07) is 8.07. The zero-order valence-electron chi connectivity index (χ0n) is 14.0. The third-order valence-electron chi connectivity index (χ3n) is 4.03. The van der Waals surface area contributed by atoms with Gasteiger partial charge in [-0.05, 0) is 26.3 Å². The van der Waals surface area contributed by atoms with Crippen LogP contribution in [-0.2, 0) is 9.53 Å². The van der Waals surface area contributed by atoms with E-state index < -0.39 is 5.60 Å². The highest BCUT2D eigenvalue weighted by atomic mass is 16.6. The molecule has 0 bridgehead atoms. The highest BCUT2D eigenvalue weighted by Gasteiger charge is 2.35. The Morgan fingerprint density at radius 2 is 2.04 bits per heavy atom. The van der Waals surface area contributed by atoms with E-state index in [9.17, 15) is 4.79 Å². The number of aliphatic imine (C=N–C) groups is 1. The van der Waals surface area contributed by atoms with Crippen LogP contribution in [0.25, 0.3) is 11.3 Å². The van der Waals surface area contributed by atoms with Crippen LogP contribution in [0.2, 0.25) is 0 Å². The quantitative estimate of drug-likeness (QED) is 0.638. The molecule has 5 nitrogen and oxygen atoms in total. The van der Waals surface area contributed by atoms with Crippen LogP contribution in [0.1, 0.15) is 31.9 Å². The Labute approximate surface area is 141 Å². The molecule has 4 rings (SSSR count). The summed E-state index contributed by atoms with van der Waals surface area (Å²) in [4.78, 5) is 18.9. The molecule has 0 spiro atoms. The molecular formula is C19H19N3O2. The molecule has 0 amide bonds. The van der Waals surface area contributed by atoms with Crippen LogP contribution in [0.4, 0.5) is 0 Å². The second-order valence-electron chi connectivity index (χ2n) is 6.93. The number of nitrogens with one attached hydrogen (secondary N) is 1. The third kappa shape index (κ3) is 2.33. The first-order valence-electron chi connectivity index (χ1n) is 8.00. The van der Waals surface area contributed by atoms with Crippen LogP contribution >= 0.6 is 0 Å². The van der Waals surface area contributed by atoms with E-state index in [4.69, 9.17) is 4.74 Å². The van der Waals surface area contributed by atoms with Gasteiger partial charge in [-0.25, -0.2) is 9.79 Å². The van der Waals surface area contributed by atoms with E-state index >= 15 is 0 Å². The van der Waals surface area contributed by atoms with Crippen LogP contribution in [0.15, 0.2) is 53.1 Å². The number of ether oxygens (including phenoxy) is 1. The highest BCUT2D eigenvalue weighted by molar-refractivity contribution is 6.06. The summed E-state index contributed by atoms with van der Waals surface area (Å²) >= 11 is 0. The maximum Gasteiger partial charge on any atom is 0.331 e. The van der Waals surface area contributed by atoms with Gasteiger partial charge >= 0.3 is 5.97 Å². The van der Waals surface area contributed by atoms with Crippen molar-refractivity contribution in [1.82, 2.24) is 10.2 Å². The van der Waals surface area contributed by atoms with Gasteiger partial charge in [0.05, 0.1) is 17.9 Å². The molecule has 2 heterocycles. The van der Waals surface area contributed by atoms with E-state index in [0.717, 1.165) is 33.9 Å². The molecule has 0 atom stereocenters. The predicted molar refractivity (Wildman–Crippen MR) is 93.6 cm³/mol. The van der Waals surface area contributed by atoms with Crippen LogP contribution in [0.3, 0.4) is 0 Å². The monoisotopic (exact) mass is 321 g/mol. The standard InChI is InChI=1S/C19H19N3O2/c1-19(2,3)24-16(23)10-14-12-6-4-5-7-13(12)17-18(14)22-9-8-20-15(22)11-21-17/h4-8,10-11,21H,9H2,1-3H3. The lowest BCUT2D eigenvalue weighted by atomic mass is 10.0. The number of hydrogen-bond donors (Lipinski definition) is 1. The zero-order valence-corrected chi connectivity index (χ0v) is 14.0. The van der Waals surface area contributed by atoms with Gasteiger partial charge < -0.3 is 15.0 Å². The summed E-state index contributed by atoms with van der Waals surface area (Å²) in [5, 5.41) is 3.33. The molecule has 1 N–H and O–H groups in total. The molecule has 1 aliphatic carbocycles. The second kappa shape index (κ2) is 5.09. The minimum Gasteiger partial charge on any atom is -0.457 e. The van der Waals surface area contributed by atoms with Crippen molar-refractivity contribution in [1.29, 1.82) is 0 Å². The summed E-state index contributed by atoms with van der Waals surface area (Å²) in [6.07, 6.45) is 5.36. The molecule has 0 radical (unpaired) electrons. The van der Waals surface area contributed by atoms with Gasteiger partial charge in [0.1, 0.15) is 11.4 Å². The number of hydrogen-bond acceptors (Lipinski definition) is 5. The Balaban J connectivity index is 1.80. The number of fused-ring (bicyclic) bond motifs is 4. The lowest BCUT2D eigenvalue weighted by molar-refractivity contribution is -0.148. The van der Waals surface area contributed by atoms with Crippen LogP contribution < -0.4 is 5.32 Å². The average Bonchev–Trinajstić information content (AvgIpc) is 3.09. The molecule has 0 fully saturated rings. The van der Waals surface area contributed by atoms with Gasteiger partial charge in [-0.1, -0.05) is 24.3 Å². The zero-order chi connectivity index (χ0) is 16.9. The molecule has 0 unspecified atom stereocenters. The van der Waals surface area contributed by atoms with Crippen LogP contribution in [-0.4, -0.2) is 29.2 Å². The van der Waals surface area contributed by atoms with Crippen molar-refractivity contribution < 1.29 is 9.53 Å². The maximum absolute atomic E-state index is 12.4. The fourth-order valence-electron chi connectivity index (χ4n) is 3.18. The van der Waals surface area contributed by atoms with Crippen molar-refractivity contribution in [3.05, 3.63) is 59.2 Å². The normalized spacial score (nSPS) is 19.7. The largest absolute Gasteiger partial charge is 0.457 e. The molecule has 1 aromatic rings. The Kier molecular flexibility index (Phi) is 3.13. The Morgan fingerprint density at radius 1 is 1.29 bits per heavy atom. The fourth-order valence-corrected chi connectivity index (χ4v) is 3.18. The van der Waals surface area contributed by atoms with Gasteiger partial charge in [0.15, 0.2) is 0 Å². The molecule has 122 valence electrons. The molecule has 0 saturated carbocycles. The van der Waals surface area contributed by atoms with E-state index in [0.29, 0.717) is 6.54 Å². The van der Waals surface area contributed by atoms with Crippen LogP contribution in [0.5, 0.6) is 0 Å². The van der Waals surface area contributed by atoms with Crippen molar-refractivity contribution in [3.8, 4) is 0 Å². The first kappa shape index (κ1) is 14.8. The van der Waals surface area contributed by atoms with E-state index in [1.54, 1.807) is 6.08 Å². The van der Waals surface area contributed by atoms with Crippen molar-refractivity contribution >= 4 is 23.5 Å². The van der Waals surface area contributed by atoms with Gasteiger partial charge in [0.2, 0.25) is 0 Å². The smallest absolute Gasteiger partial charge is 0.331 e. The fraction of sp³-hybridized carbons (Fsp3) is 0.263. The molecular weight excluding hydrogens is 302 g/mol. The van der Waals surface area contributed by atoms with Gasteiger partial charge in [-0.2, -0.15) is 0 Å². The topological polar surface area (TPSA) is 53.9 Å². The summed E-state index contributed by atoms with van der Waals surface area (Å²) < 4.78 is 5.48. The summed E-state index contributed by atoms with van der Waals surface area (Å²) in [7, 11) is 0. The number of carbonyl (C=O) groups excluding carboxylic acids is 1. The molecule has 0 aromatic heterocycles. The Morgan fingerprint density at radius 3 is 2.79 bits per heavy atom. The number of allylic oxidation sites excluding steroid dienone is 1. The first-order chi connectivity index (χ1) is 11.4. The average molecular weight is 321 g/mol. The summed E-state index contributed by atoms with van der Waals surface area (Å²) in [6.45, 7) is 6.31. The summed E-state index contributed by atoms with van der Waals surface area (Å²) in [5.41, 5.74) is 4.47. The molecule has 1 aromatic carbocycles. The third-order valence-corrected chi connectivity index (χ3v) is 4.03. The first-order valence-corrected chi connectivity index (χ1v) is 8.00. The number of rotatable bonds is 1. The van der Waals surface area contributed by atoms with E-state index in [1.807, 2.05) is 51.4 Å². The number of esters is 1. The predicted octanol–water partition coefficient (Wildman–Crippen LogP) is 2.88. The van der Waals surface area contributed by atoms with E-state index in [2.05, 4.69) is 21.3 Å². The Hall–Kier alpha value is -2.82. The van der Waals surface area contributed by atoms with Gasteiger partial charge in [-0.15, -0.1) is 0 Å². The van der Waals surface area contributed by atoms with Crippen molar-refractivity contribution in [3.63, 3.8) is 0 Å². The Bertz CT molecular complexity index is 854. The molecule has 5 heteroatoms. The van der Waals surface area contributed by atoms with Crippen molar-refractivity contribution in [2.45, 2.75) is 26.4 Å². The minimum absolute atomic E-state index is 0.336. The molecule has 3 aliphatic rings. The van der Waals surface area contributed by atoms with Gasteiger partial charge in [-0.3, -0.25) is 0 Å². The highest BCUT2D eigenvalue weighted by Crippen LogP contribution is 2.45. The lowest BCUT2D eigenvalue weighted by Crippen LogP contribution is -2.27. The number of carbonyl (C=O) groups is 1. The van der Waals surface area contributed by atoms with Gasteiger partial charge in [0, 0.05) is 29.6 Å². The van der Waals surface area contributed by atoms with Crippen LogP contribution in [0, 0.1) is 0 Å².